The summed E-state index contributed by atoms with van der Waals surface area (Å²) < 4.78 is 61.3. The molecule has 47 heavy (non-hydrogen) atoms. The number of carbonyl (C=O) groups excluding carboxylic acids is 1. The molecule has 1 atom stereocenters. The predicted molar refractivity (Wildman–Crippen MR) is 160 cm³/mol. The van der Waals surface area contributed by atoms with Crippen molar-refractivity contribution >= 4 is 11.6 Å². The Bertz CT molecular complexity index is 1910. The summed E-state index contributed by atoms with van der Waals surface area (Å²) in [4.78, 5) is 20.5. The molecule has 1 aliphatic heterocycles. The Labute approximate surface area is 266 Å². The van der Waals surface area contributed by atoms with Gasteiger partial charge in [-0.2, -0.15) is 14.0 Å². The van der Waals surface area contributed by atoms with Gasteiger partial charge in [0, 0.05) is 48.7 Å². The molecule has 5 aromatic rings. The van der Waals surface area contributed by atoms with E-state index in [1.807, 2.05) is 29.2 Å². The van der Waals surface area contributed by atoms with Gasteiger partial charge in [0.15, 0.2) is 5.60 Å². The Hall–Kier alpha value is -5.68. The van der Waals surface area contributed by atoms with Crippen LogP contribution in [0.4, 0.5) is 23.2 Å². The van der Waals surface area contributed by atoms with Crippen molar-refractivity contribution in [1.82, 2.24) is 30.1 Å². The maximum absolute atomic E-state index is 16.1. The number of nitriles is 1. The quantitative estimate of drug-likeness (QED) is 0.235. The lowest BCUT2D eigenvalue weighted by atomic mass is 9.84. The highest BCUT2D eigenvalue weighted by molar-refractivity contribution is 5.83. The van der Waals surface area contributed by atoms with Crippen molar-refractivity contribution in [3.63, 3.8) is 0 Å². The summed E-state index contributed by atoms with van der Waals surface area (Å²) >= 11 is 0. The summed E-state index contributed by atoms with van der Waals surface area (Å²) in [7, 11) is 0. The highest BCUT2D eigenvalue weighted by Gasteiger charge is 2.58. The van der Waals surface area contributed by atoms with Gasteiger partial charge in [-0.15, -0.1) is 5.10 Å². The molecule has 2 aromatic heterocycles. The predicted octanol–water partition coefficient (Wildman–Crippen LogP) is 4.41. The molecule has 3 heterocycles. The van der Waals surface area contributed by atoms with E-state index in [0.717, 1.165) is 40.5 Å². The number of nitrogens with zero attached hydrogens (tertiary/aromatic N) is 8. The molecule has 0 bridgehead atoms. The first-order valence-electron chi connectivity index (χ1n) is 14.4. The maximum Gasteiger partial charge on any atom is 0.323 e. The number of carbonyl (C=O) groups is 1. The molecule has 238 valence electrons. The molecule has 6 rings (SSSR count). The van der Waals surface area contributed by atoms with E-state index in [1.54, 1.807) is 29.2 Å². The van der Waals surface area contributed by atoms with E-state index in [2.05, 4.69) is 26.6 Å². The van der Waals surface area contributed by atoms with Crippen molar-refractivity contribution < 1.29 is 27.5 Å². The summed E-state index contributed by atoms with van der Waals surface area (Å²) in [5.41, 5.74) is -1.47. The van der Waals surface area contributed by atoms with Gasteiger partial charge < -0.3 is 14.9 Å². The Balaban J connectivity index is 1.16. The molecule has 3 aromatic carbocycles. The Morgan fingerprint density at radius 3 is 2.30 bits per heavy atom. The van der Waals surface area contributed by atoms with Crippen molar-refractivity contribution in [2.24, 2.45) is 0 Å². The van der Waals surface area contributed by atoms with Crippen LogP contribution in [0.5, 0.6) is 0 Å². The van der Waals surface area contributed by atoms with Gasteiger partial charge in [-0.3, -0.25) is 9.78 Å². The van der Waals surface area contributed by atoms with E-state index < -0.39 is 41.0 Å². The number of piperazine rings is 1. The number of tetrazole rings is 1. The summed E-state index contributed by atoms with van der Waals surface area (Å²) in [6.07, 6.45) is 2.19. The molecule has 10 nitrogen and oxygen atoms in total. The minimum Gasteiger partial charge on any atom is -0.377 e. The molecular weight excluding hydrogens is 616 g/mol. The lowest BCUT2D eigenvalue weighted by molar-refractivity contribution is -0.207. The molecule has 14 heteroatoms. The number of benzene rings is 3. The second-order valence-corrected chi connectivity index (χ2v) is 11.1. The van der Waals surface area contributed by atoms with Crippen LogP contribution in [0.2, 0.25) is 0 Å². The van der Waals surface area contributed by atoms with Crippen LogP contribution in [0.1, 0.15) is 22.4 Å². The number of aliphatic hydroxyl groups is 1. The fourth-order valence-corrected chi connectivity index (χ4v) is 5.49. The van der Waals surface area contributed by atoms with Crippen molar-refractivity contribution in [1.29, 1.82) is 5.26 Å². The third-order valence-corrected chi connectivity index (χ3v) is 8.10. The van der Waals surface area contributed by atoms with Crippen LogP contribution in [0, 0.1) is 23.0 Å². The van der Waals surface area contributed by atoms with E-state index in [1.165, 1.54) is 12.3 Å². The fourth-order valence-electron chi connectivity index (χ4n) is 5.49. The van der Waals surface area contributed by atoms with Gasteiger partial charge in [0.25, 0.3) is 0 Å². The topological polar surface area (TPSA) is 124 Å². The summed E-state index contributed by atoms with van der Waals surface area (Å²) in [5.74, 6) is -6.57. The third-order valence-electron chi connectivity index (χ3n) is 8.10. The monoisotopic (exact) mass is 642 g/mol. The van der Waals surface area contributed by atoms with Crippen molar-refractivity contribution in [3.05, 3.63) is 125 Å². The van der Waals surface area contributed by atoms with E-state index in [0.29, 0.717) is 42.4 Å². The highest BCUT2D eigenvalue weighted by Crippen LogP contribution is 2.47. The van der Waals surface area contributed by atoms with Gasteiger partial charge in [0.05, 0.1) is 24.7 Å². The minimum atomic E-state index is -4.17. The SMILES string of the molecule is N#Cc1ccc(N2CCN(Cc3ccc(-c4ccc(C(F)(F)C(O)(Cn5cnnn5)c5ccc(F)cc5F)nc4)cc3)C(=O)C2)cc1. The number of hydrogen-bond donors (Lipinski definition) is 1. The van der Waals surface area contributed by atoms with Gasteiger partial charge >= 0.3 is 5.92 Å². The molecule has 0 aliphatic carbocycles. The number of aromatic nitrogens is 5. The largest absolute Gasteiger partial charge is 0.377 e. The van der Waals surface area contributed by atoms with E-state index >= 15 is 8.78 Å². The van der Waals surface area contributed by atoms with Gasteiger partial charge in [-0.1, -0.05) is 30.3 Å². The van der Waals surface area contributed by atoms with Crippen LogP contribution in [-0.4, -0.2) is 60.7 Å². The molecule has 0 saturated carbocycles. The average molecular weight is 643 g/mol. The van der Waals surface area contributed by atoms with Gasteiger partial charge in [0.1, 0.15) is 23.7 Å². The lowest BCUT2D eigenvalue weighted by Gasteiger charge is -2.35. The fraction of sp³-hybridized carbons (Fsp3) is 0.212. The van der Waals surface area contributed by atoms with Crippen LogP contribution >= 0.6 is 0 Å². The van der Waals surface area contributed by atoms with Crippen LogP contribution in [-0.2, 0) is 29.4 Å². The van der Waals surface area contributed by atoms with Crippen LogP contribution < -0.4 is 4.90 Å². The van der Waals surface area contributed by atoms with Crippen LogP contribution in [0.25, 0.3) is 11.1 Å². The zero-order chi connectivity index (χ0) is 33.2. The molecule has 1 aliphatic rings. The minimum absolute atomic E-state index is 0.0361. The van der Waals surface area contributed by atoms with Gasteiger partial charge in [0.2, 0.25) is 5.91 Å². The van der Waals surface area contributed by atoms with E-state index in [-0.39, 0.29) is 12.5 Å². The Morgan fingerprint density at radius 1 is 0.936 bits per heavy atom. The molecule has 1 amide bonds. The van der Waals surface area contributed by atoms with Crippen molar-refractivity contribution in [3.8, 4) is 17.2 Å². The number of anilines is 1. The number of pyridine rings is 1. The summed E-state index contributed by atoms with van der Waals surface area (Å²) in [5, 5.41) is 30.6. The molecule has 1 N–H and O–H groups in total. The average Bonchev–Trinajstić information content (AvgIpc) is 3.59. The van der Waals surface area contributed by atoms with Crippen molar-refractivity contribution in [2.75, 3.05) is 24.5 Å². The normalized spacial score (nSPS) is 14.9. The van der Waals surface area contributed by atoms with Crippen LogP contribution in [0.3, 0.4) is 0 Å². The van der Waals surface area contributed by atoms with E-state index in [4.69, 9.17) is 5.26 Å². The first kappa shape index (κ1) is 31.3. The second-order valence-electron chi connectivity index (χ2n) is 11.1. The first-order chi connectivity index (χ1) is 22.6. The summed E-state index contributed by atoms with van der Waals surface area (Å²) in [6.45, 7) is 0.807. The lowest BCUT2D eigenvalue weighted by Crippen LogP contribution is -2.50. The number of amides is 1. The highest BCUT2D eigenvalue weighted by atomic mass is 19.3. The smallest absolute Gasteiger partial charge is 0.323 e. The number of halogens is 4. The Kier molecular flexibility index (Phi) is 8.40. The molecule has 1 fully saturated rings. The number of rotatable bonds is 9. The van der Waals surface area contributed by atoms with Crippen LogP contribution in [0.15, 0.2) is 91.4 Å². The number of alkyl halides is 2. The van der Waals surface area contributed by atoms with Crippen molar-refractivity contribution in [2.45, 2.75) is 24.6 Å². The zero-order valence-corrected chi connectivity index (χ0v) is 24.6. The van der Waals surface area contributed by atoms with E-state index in [9.17, 15) is 18.7 Å². The van der Waals surface area contributed by atoms with Gasteiger partial charge in [-0.25, -0.2) is 13.5 Å². The summed E-state index contributed by atoms with van der Waals surface area (Å²) in [6, 6.07) is 20.8. The zero-order valence-electron chi connectivity index (χ0n) is 24.6. The molecule has 0 spiro atoms. The Morgan fingerprint density at radius 2 is 1.68 bits per heavy atom. The second kappa shape index (κ2) is 12.6. The van der Waals surface area contributed by atoms with Gasteiger partial charge in [-0.05, 0) is 64.0 Å². The standard InChI is InChI=1S/C33H26F4N8O2/c34-26-8-11-28(29(35)15-26)32(47,20-45-21-40-41-42-45)33(36,37)30-12-7-25(17-39-30)24-5-1-23(2-6-24)18-44-14-13-43(19-31(44)46)27-9-3-22(16-38)4-10-27/h1-12,15,17,21,47H,13-14,18-20H2. The molecule has 1 unspecified atom stereocenters. The first-order valence-corrected chi connectivity index (χ1v) is 14.4. The maximum atomic E-state index is 16.1. The molecular formula is C33H26F4N8O2. The number of hydrogen-bond acceptors (Lipinski definition) is 8. The molecule has 0 radical (unpaired) electrons. The third kappa shape index (κ3) is 6.25. The molecule has 1 saturated heterocycles.